The van der Waals surface area contributed by atoms with Crippen molar-refractivity contribution in [2.45, 2.75) is 413 Å². The quantitative estimate of drug-likeness (QED) is 0.0307. The van der Waals surface area contributed by atoms with E-state index in [1.165, 1.54) is 19.3 Å². The largest absolute Gasteiger partial charge is 0.314 e. The molecule has 3 heterocycles. The van der Waals surface area contributed by atoms with Crippen LogP contribution in [0.3, 0.4) is 0 Å². The summed E-state index contributed by atoms with van der Waals surface area (Å²) in [5, 5.41) is 24.9. The molecule has 552 valence electrons. The summed E-state index contributed by atoms with van der Waals surface area (Å²) in [7, 11) is 0. The third kappa shape index (κ3) is 46.0. The monoisotopic (exact) mass is 1320 g/mol. The number of hydrogen-bond acceptors (Lipinski definition) is 15. The molecule has 0 aliphatic carbocycles. The van der Waals surface area contributed by atoms with Gasteiger partial charge in [-0.25, -0.2) is 0 Å². The maximum absolute atomic E-state index is 11.8. The average molecular weight is 1320 g/mol. The molecule has 3 aliphatic rings. The summed E-state index contributed by atoms with van der Waals surface area (Å²) < 4.78 is 0. The SMILES string of the molecule is CC(C)NCC[C@@H](CCC(=O)C(C)C)NC(C)C.CC(C)NCC[C@H](CCC(=O)C(C)C)NC(C)C.CC(C)N[C@@H]1C[C@H](CCC(=O)C(C)C)N(C(C)C)C1.CC(C)N[C@H]1C[C@@H](CCC(=O)C(C)C)N(C(C)C)C1.CC(C)N[C@H]1C[C@H](CCC(=O)C(C)C)N(C(C)C)C1. The molecule has 0 amide bonds. The summed E-state index contributed by atoms with van der Waals surface area (Å²) in [5.74, 6) is 2.84. The molecule has 0 unspecified atom stereocenters. The Labute approximate surface area is 577 Å². The van der Waals surface area contributed by atoms with Crippen molar-refractivity contribution in [3.05, 3.63) is 0 Å². The molecule has 0 bridgehead atoms. The van der Waals surface area contributed by atoms with Crippen molar-refractivity contribution in [2.75, 3.05) is 32.7 Å². The fourth-order valence-corrected chi connectivity index (χ4v) is 13.0. The lowest BCUT2D eigenvalue weighted by atomic mass is 9.99. The maximum atomic E-state index is 11.8. The normalized spacial score (nSPS) is 20.5. The van der Waals surface area contributed by atoms with E-state index in [1.807, 2.05) is 69.2 Å². The van der Waals surface area contributed by atoms with E-state index in [1.54, 1.807) is 0 Å². The van der Waals surface area contributed by atoms with Gasteiger partial charge in [0.05, 0.1) is 0 Å². The van der Waals surface area contributed by atoms with Crippen molar-refractivity contribution in [3.8, 4) is 0 Å². The lowest BCUT2D eigenvalue weighted by Crippen LogP contribution is -2.39. The van der Waals surface area contributed by atoms with Gasteiger partial charge in [-0.1, -0.05) is 166 Å². The highest BCUT2D eigenvalue weighted by molar-refractivity contribution is 5.81. The first-order chi connectivity index (χ1) is 43.1. The fourth-order valence-electron chi connectivity index (χ4n) is 13.0. The Kier molecular flexibility index (Phi) is 51.2. The van der Waals surface area contributed by atoms with E-state index in [0.29, 0.717) is 151 Å². The summed E-state index contributed by atoms with van der Waals surface area (Å²) in [6.07, 6.45) is 14.3. The van der Waals surface area contributed by atoms with Gasteiger partial charge in [0.25, 0.3) is 0 Å². The van der Waals surface area contributed by atoms with Gasteiger partial charge in [-0.3, -0.25) is 38.7 Å². The van der Waals surface area contributed by atoms with Crippen molar-refractivity contribution in [1.29, 1.82) is 0 Å². The van der Waals surface area contributed by atoms with E-state index in [4.69, 9.17) is 0 Å². The van der Waals surface area contributed by atoms with Gasteiger partial charge < -0.3 is 37.2 Å². The zero-order chi connectivity index (χ0) is 72.0. The first-order valence-electron chi connectivity index (χ1n) is 38.3. The van der Waals surface area contributed by atoms with Crippen LogP contribution in [0.5, 0.6) is 0 Å². The molecular formula is C78H160N10O5. The molecule has 93 heavy (non-hydrogen) atoms. The lowest BCUT2D eigenvalue weighted by Gasteiger charge is -2.28. The zero-order valence-electron chi connectivity index (χ0n) is 66.8. The molecule has 3 saturated heterocycles. The van der Waals surface area contributed by atoms with E-state index in [9.17, 15) is 24.0 Å². The highest BCUT2D eigenvalue weighted by Crippen LogP contribution is 2.28. The van der Waals surface area contributed by atoms with Crippen LogP contribution in [0.15, 0.2) is 0 Å². The number of carbonyl (C=O) groups is 5. The Morgan fingerprint density at radius 3 is 0.710 bits per heavy atom. The summed E-state index contributed by atoms with van der Waals surface area (Å²) in [6.45, 7) is 69.4. The van der Waals surface area contributed by atoms with Gasteiger partial charge >= 0.3 is 0 Å². The third-order valence-corrected chi connectivity index (χ3v) is 18.2. The van der Waals surface area contributed by atoms with Gasteiger partial charge in [0.15, 0.2) is 0 Å². The number of rotatable bonds is 41. The second-order valence-electron chi connectivity index (χ2n) is 32.7. The zero-order valence-corrected chi connectivity index (χ0v) is 66.8. The predicted molar refractivity (Wildman–Crippen MR) is 402 cm³/mol. The van der Waals surface area contributed by atoms with Gasteiger partial charge in [-0.05, 0) is 119 Å². The Morgan fingerprint density at radius 1 is 0.301 bits per heavy atom. The van der Waals surface area contributed by atoms with E-state index in [0.717, 1.165) is 96.9 Å². The van der Waals surface area contributed by atoms with Crippen LogP contribution >= 0.6 is 0 Å². The van der Waals surface area contributed by atoms with E-state index >= 15 is 0 Å². The van der Waals surface area contributed by atoms with Crippen molar-refractivity contribution >= 4 is 28.9 Å². The smallest absolute Gasteiger partial charge is 0.135 e. The number of carbonyl (C=O) groups excluding carboxylic acids is 5. The van der Waals surface area contributed by atoms with Crippen LogP contribution < -0.4 is 37.2 Å². The van der Waals surface area contributed by atoms with Gasteiger partial charge in [0.1, 0.15) is 28.9 Å². The standard InChI is InChI=1S/3C16H32N2O.2C15H32N2O/c3*1-11(2)16(19)8-7-15-9-14(17-12(3)4)10-18(15)13(5)6;2*1-11(2)15(18)8-7-14(17-13(5)6)9-10-16-12(3)4/h3*11-15,17H,7-10H2,1-6H3;2*11-14,16-17H,7-10H2,1-6H3/t2*14-,15+;14-,15-;2*14-/m10010/s1. The van der Waals surface area contributed by atoms with Crippen molar-refractivity contribution in [1.82, 2.24) is 51.9 Å². The topological polar surface area (TPSA) is 179 Å². The van der Waals surface area contributed by atoms with Gasteiger partial charge in [-0.2, -0.15) is 0 Å². The molecule has 0 aromatic heterocycles. The van der Waals surface area contributed by atoms with Crippen LogP contribution in [0, 0.1) is 29.6 Å². The fraction of sp³-hybridized carbons (Fsp3) is 0.936. The molecular weight excluding hydrogens is 1160 g/mol. The molecule has 3 aliphatic heterocycles. The second-order valence-corrected chi connectivity index (χ2v) is 32.7. The number of hydrogen-bond donors (Lipinski definition) is 7. The van der Waals surface area contributed by atoms with Crippen molar-refractivity contribution < 1.29 is 24.0 Å². The van der Waals surface area contributed by atoms with E-state index in [-0.39, 0.29) is 29.6 Å². The van der Waals surface area contributed by atoms with Crippen LogP contribution in [0.2, 0.25) is 0 Å². The Hall–Kier alpha value is -2.05. The van der Waals surface area contributed by atoms with Crippen LogP contribution in [0.25, 0.3) is 0 Å². The van der Waals surface area contributed by atoms with Gasteiger partial charge in [-0.15, -0.1) is 0 Å². The van der Waals surface area contributed by atoms with Gasteiger partial charge in [0, 0.05) is 190 Å². The predicted octanol–water partition coefficient (Wildman–Crippen LogP) is 14.0. The minimum atomic E-state index is 0.165. The summed E-state index contributed by atoms with van der Waals surface area (Å²) in [6, 6.07) is 9.67. The molecule has 15 nitrogen and oxygen atoms in total. The summed E-state index contributed by atoms with van der Waals surface area (Å²) in [5.41, 5.74) is 0. The molecule has 8 atom stereocenters. The molecule has 3 fully saturated rings. The first kappa shape index (κ1) is 93.0. The van der Waals surface area contributed by atoms with Crippen LogP contribution in [0.4, 0.5) is 0 Å². The molecule has 0 saturated carbocycles. The van der Waals surface area contributed by atoms with Crippen LogP contribution in [0.1, 0.15) is 304 Å². The molecule has 3 rings (SSSR count). The number of ketones is 5. The van der Waals surface area contributed by atoms with Gasteiger partial charge in [0.2, 0.25) is 0 Å². The molecule has 0 aromatic rings. The number of nitrogens with zero attached hydrogens (tertiary/aromatic N) is 3. The highest BCUT2D eigenvalue weighted by Gasteiger charge is 2.36. The van der Waals surface area contributed by atoms with Crippen LogP contribution in [-0.2, 0) is 24.0 Å². The van der Waals surface area contributed by atoms with Crippen LogP contribution in [-0.4, -0.2) is 185 Å². The number of likely N-dealkylation sites (tertiary alicyclic amines) is 3. The molecule has 0 radical (unpaired) electrons. The average Bonchev–Trinajstić information content (AvgIpc) is 1.76. The minimum absolute atomic E-state index is 0.165. The first-order valence-corrected chi connectivity index (χ1v) is 38.3. The number of nitrogens with one attached hydrogen (secondary N) is 7. The Balaban J connectivity index is 0. The lowest BCUT2D eigenvalue weighted by molar-refractivity contribution is -0.123. The van der Waals surface area contributed by atoms with Crippen molar-refractivity contribution in [2.24, 2.45) is 29.6 Å². The summed E-state index contributed by atoms with van der Waals surface area (Å²) >= 11 is 0. The third-order valence-electron chi connectivity index (χ3n) is 18.2. The number of Topliss-reactive ketones (excluding diaryl/α,β-unsaturated/α-hetero) is 5. The molecule has 0 aromatic carbocycles. The molecule has 7 N–H and O–H groups in total. The highest BCUT2D eigenvalue weighted by atomic mass is 16.1. The maximum Gasteiger partial charge on any atom is 0.135 e. The summed E-state index contributed by atoms with van der Waals surface area (Å²) in [4.78, 5) is 66.4. The van der Waals surface area contributed by atoms with E-state index in [2.05, 4.69) is 190 Å². The minimum Gasteiger partial charge on any atom is -0.314 e. The molecule has 0 spiro atoms. The second kappa shape index (κ2) is 51.2. The van der Waals surface area contributed by atoms with E-state index < -0.39 is 0 Å². The molecule has 15 heteroatoms. The Morgan fingerprint density at radius 2 is 0.527 bits per heavy atom. The van der Waals surface area contributed by atoms with Crippen molar-refractivity contribution in [3.63, 3.8) is 0 Å². The Bertz CT molecular complexity index is 1750.